The largest absolute Gasteiger partial charge is 0.744 e. The van der Waals surface area contributed by atoms with Gasteiger partial charge < -0.3 is 4.55 Å². The number of hydrogen-bond acceptors (Lipinski definition) is 3. The van der Waals surface area contributed by atoms with Crippen LogP contribution in [-0.4, -0.2) is 13.0 Å². The molecule has 138 valence electrons. The molecule has 0 heterocycles. The second kappa shape index (κ2) is 10.2. The lowest BCUT2D eigenvalue weighted by Crippen LogP contribution is -2.11. The van der Waals surface area contributed by atoms with Crippen LogP contribution in [-0.2, 0) is 10.1 Å². The van der Waals surface area contributed by atoms with Crippen molar-refractivity contribution in [1.29, 1.82) is 0 Å². The lowest BCUT2D eigenvalue weighted by atomic mass is 9.82. The zero-order valence-electron chi connectivity index (χ0n) is 15.6. The predicted octanol–water partition coefficient (Wildman–Crippen LogP) is 5.72. The Bertz CT molecular complexity index is 563. The minimum Gasteiger partial charge on any atom is -0.744 e. The van der Waals surface area contributed by atoms with Gasteiger partial charge in [0.05, 0.1) is 4.90 Å². The molecular formula is C20H33O3S-. The maximum Gasteiger partial charge on any atom is 0.124 e. The van der Waals surface area contributed by atoms with E-state index in [1.54, 1.807) is 12.1 Å². The van der Waals surface area contributed by atoms with Gasteiger partial charge in [-0.25, -0.2) is 8.42 Å². The third-order valence-electron chi connectivity index (χ3n) is 5.20. The fraction of sp³-hybridized carbons (Fsp3) is 0.700. The van der Waals surface area contributed by atoms with E-state index in [-0.39, 0.29) is 4.90 Å². The first-order valence-electron chi connectivity index (χ1n) is 9.31. The molecule has 0 bridgehead atoms. The molecule has 24 heavy (non-hydrogen) atoms. The van der Waals surface area contributed by atoms with Crippen molar-refractivity contribution in [3.05, 3.63) is 29.8 Å². The smallest absolute Gasteiger partial charge is 0.124 e. The molecule has 0 aliphatic carbocycles. The minimum atomic E-state index is -4.35. The molecule has 1 rings (SSSR count). The van der Waals surface area contributed by atoms with E-state index in [0.29, 0.717) is 17.8 Å². The highest BCUT2D eigenvalue weighted by Crippen LogP contribution is 2.30. The van der Waals surface area contributed by atoms with E-state index in [9.17, 15) is 13.0 Å². The highest BCUT2D eigenvalue weighted by atomic mass is 32.2. The van der Waals surface area contributed by atoms with Crippen LogP contribution in [0.15, 0.2) is 29.2 Å². The van der Waals surface area contributed by atoms with Crippen LogP contribution in [0.25, 0.3) is 0 Å². The van der Waals surface area contributed by atoms with E-state index < -0.39 is 10.1 Å². The predicted molar refractivity (Wildman–Crippen MR) is 99.1 cm³/mol. The van der Waals surface area contributed by atoms with E-state index >= 15 is 0 Å². The summed E-state index contributed by atoms with van der Waals surface area (Å²) in [6.45, 7) is 9.06. The summed E-state index contributed by atoms with van der Waals surface area (Å²) in [5.74, 6) is 1.70. The monoisotopic (exact) mass is 353 g/mol. The first-order chi connectivity index (χ1) is 11.3. The molecule has 0 saturated heterocycles. The topological polar surface area (TPSA) is 57.2 Å². The van der Waals surface area contributed by atoms with Crippen molar-refractivity contribution >= 4 is 10.1 Å². The van der Waals surface area contributed by atoms with Gasteiger partial charge in [-0.15, -0.1) is 0 Å². The SMILES string of the molecule is CCCCCCCC(C)C(C)CC(C)c1ccc(S(=O)(=O)[O-])cc1. The van der Waals surface area contributed by atoms with Gasteiger partial charge >= 0.3 is 0 Å². The van der Waals surface area contributed by atoms with Crippen LogP contribution in [0, 0.1) is 11.8 Å². The number of hydrogen-bond donors (Lipinski definition) is 0. The van der Waals surface area contributed by atoms with Gasteiger partial charge in [0.15, 0.2) is 0 Å². The van der Waals surface area contributed by atoms with E-state index in [1.807, 2.05) is 0 Å². The summed E-state index contributed by atoms with van der Waals surface area (Å²) in [6.07, 6.45) is 9.00. The fourth-order valence-electron chi connectivity index (χ4n) is 3.24. The molecule has 0 spiro atoms. The van der Waals surface area contributed by atoms with Crippen LogP contribution in [0.4, 0.5) is 0 Å². The van der Waals surface area contributed by atoms with Crippen molar-refractivity contribution in [1.82, 2.24) is 0 Å². The quantitative estimate of drug-likeness (QED) is 0.378. The summed E-state index contributed by atoms with van der Waals surface area (Å²) in [7, 11) is -4.35. The summed E-state index contributed by atoms with van der Waals surface area (Å²) in [6, 6.07) is 6.40. The van der Waals surface area contributed by atoms with Crippen LogP contribution >= 0.6 is 0 Å². The van der Waals surface area contributed by atoms with E-state index in [0.717, 1.165) is 12.0 Å². The molecule has 3 atom stereocenters. The Hall–Kier alpha value is -0.870. The van der Waals surface area contributed by atoms with Gasteiger partial charge in [0.1, 0.15) is 10.1 Å². The Morgan fingerprint density at radius 1 is 0.917 bits per heavy atom. The molecule has 0 aromatic heterocycles. The summed E-state index contributed by atoms with van der Waals surface area (Å²) < 4.78 is 33.0. The summed E-state index contributed by atoms with van der Waals surface area (Å²) >= 11 is 0. The molecule has 0 aliphatic heterocycles. The van der Waals surface area contributed by atoms with E-state index in [2.05, 4.69) is 27.7 Å². The summed E-state index contributed by atoms with van der Waals surface area (Å²) in [5, 5.41) is 0. The Kier molecular flexibility index (Phi) is 8.99. The first-order valence-corrected chi connectivity index (χ1v) is 10.7. The third-order valence-corrected chi connectivity index (χ3v) is 6.05. The molecule has 0 saturated carbocycles. The van der Waals surface area contributed by atoms with Crippen molar-refractivity contribution in [2.75, 3.05) is 0 Å². The highest BCUT2D eigenvalue weighted by Gasteiger charge is 2.16. The Balaban J connectivity index is 2.46. The molecule has 0 radical (unpaired) electrons. The van der Waals surface area contributed by atoms with Gasteiger partial charge in [-0.3, -0.25) is 0 Å². The highest BCUT2D eigenvalue weighted by molar-refractivity contribution is 7.85. The molecule has 0 aliphatic rings. The second-order valence-corrected chi connectivity index (χ2v) is 8.70. The molecule has 1 aromatic rings. The zero-order chi connectivity index (χ0) is 18.2. The summed E-state index contributed by atoms with van der Waals surface area (Å²) in [5.41, 5.74) is 1.10. The van der Waals surface area contributed by atoms with Crippen molar-refractivity contribution in [3.8, 4) is 0 Å². The maximum atomic E-state index is 11.0. The molecule has 0 fully saturated rings. The van der Waals surface area contributed by atoms with Gasteiger partial charge in [0.2, 0.25) is 0 Å². The molecular weight excluding hydrogens is 320 g/mol. The van der Waals surface area contributed by atoms with Gasteiger partial charge in [0.25, 0.3) is 0 Å². The molecule has 0 amide bonds. The minimum absolute atomic E-state index is 0.146. The van der Waals surface area contributed by atoms with E-state index in [1.165, 1.54) is 50.7 Å². The van der Waals surface area contributed by atoms with Crippen LogP contribution < -0.4 is 0 Å². The van der Waals surface area contributed by atoms with Crippen molar-refractivity contribution in [2.24, 2.45) is 11.8 Å². The van der Waals surface area contributed by atoms with Crippen LogP contribution in [0.3, 0.4) is 0 Å². The Morgan fingerprint density at radius 2 is 1.50 bits per heavy atom. The summed E-state index contributed by atoms with van der Waals surface area (Å²) in [4.78, 5) is -0.146. The zero-order valence-corrected chi connectivity index (χ0v) is 16.4. The molecule has 3 unspecified atom stereocenters. The van der Waals surface area contributed by atoms with Crippen molar-refractivity contribution in [3.63, 3.8) is 0 Å². The third kappa shape index (κ3) is 7.35. The Morgan fingerprint density at radius 3 is 2.04 bits per heavy atom. The van der Waals surface area contributed by atoms with Gasteiger partial charge in [-0.2, -0.15) is 0 Å². The van der Waals surface area contributed by atoms with Gasteiger partial charge in [0, 0.05) is 0 Å². The van der Waals surface area contributed by atoms with Gasteiger partial charge in [-0.1, -0.05) is 78.4 Å². The lowest BCUT2D eigenvalue weighted by Gasteiger charge is -2.24. The lowest BCUT2D eigenvalue weighted by molar-refractivity contribution is 0.317. The van der Waals surface area contributed by atoms with Crippen molar-refractivity contribution in [2.45, 2.75) is 83.5 Å². The molecule has 0 N–H and O–H groups in total. The Labute approximate surface area is 148 Å². The number of rotatable bonds is 11. The molecule has 3 nitrogen and oxygen atoms in total. The normalized spacial score (nSPS) is 15.9. The van der Waals surface area contributed by atoms with Crippen LogP contribution in [0.1, 0.15) is 84.1 Å². The van der Waals surface area contributed by atoms with E-state index in [4.69, 9.17) is 0 Å². The maximum absolute atomic E-state index is 11.0. The standard InChI is InChI=1S/C20H34O3S/c1-5-6-7-8-9-10-16(2)17(3)15-18(4)19-11-13-20(14-12-19)24(21,22)23/h11-14,16-18H,5-10,15H2,1-4H3,(H,21,22,23)/p-1. The average molecular weight is 354 g/mol. The molecule has 4 heteroatoms. The fourth-order valence-corrected chi connectivity index (χ4v) is 3.71. The number of unbranched alkanes of at least 4 members (excludes halogenated alkanes) is 4. The van der Waals surface area contributed by atoms with Crippen molar-refractivity contribution < 1.29 is 13.0 Å². The second-order valence-electron chi connectivity index (χ2n) is 7.32. The average Bonchev–Trinajstić information content (AvgIpc) is 2.53. The van der Waals surface area contributed by atoms with Crippen LogP contribution in [0.2, 0.25) is 0 Å². The molecule has 1 aromatic carbocycles. The first kappa shape index (κ1) is 21.2. The van der Waals surface area contributed by atoms with Gasteiger partial charge in [-0.05, 0) is 41.9 Å². The van der Waals surface area contributed by atoms with Crippen LogP contribution in [0.5, 0.6) is 0 Å². The number of benzene rings is 1.